The van der Waals surface area contributed by atoms with E-state index in [2.05, 4.69) is 4.72 Å². The number of hydrogen-bond donors (Lipinski definition) is 2. The lowest BCUT2D eigenvalue weighted by Gasteiger charge is -2.09. The highest BCUT2D eigenvalue weighted by atomic mass is 32.2. The minimum Gasteiger partial charge on any atom is -0.395 e. The molecule has 0 unspecified atom stereocenters. The van der Waals surface area contributed by atoms with Gasteiger partial charge in [0.05, 0.1) is 5.69 Å². The first-order valence-corrected chi connectivity index (χ1v) is 7.58. The van der Waals surface area contributed by atoms with Gasteiger partial charge in [-0.15, -0.1) is 0 Å². The van der Waals surface area contributed by atoms with Crippen molar-refractivity contribution in [2.75, 3.05) is 25.5 Å². The standard InChI is InChI=1S/C12H19FN2O3S/c1-2-8-18-9-4-7-15-19(16,17)11-6-3-5-10(13)12(11)14/h3,5-6,15H,2,4,7-9,14H2,1H3. The predicted octanol–water partition coefficient (Wildman–Crippen LogP) is 1.50. The number of nitrogen functional groups attached to an aromatic ring is 1. The molecule has 19 heavy (non-hydrogen) atoms. The number of ether oxygens (including phenoxy) is 1. The average Bonchev–Trinajstić information content (AvgIpc) is 2.36. The Bertz CT molecular complexity index is 506. The fraction of sp³-hybridized carbons (Fsp3) is 0.500. The molecule has 0 aromatic heterocycles. The molecule has 0 aliphatic carbocycles. The van der Waals surface area contributed by atoms with E-state index in [0.29, 0.717) is 19.6 Å². The first-order chi connectivity index (χ1) is 8.99. The topological polar surface area (TPSA) is 81.4 Å². The van der Waals surface area contributed by atoms with Gasteiger partial charge in [-0.05, 0) is 25.0 Å². The van der Waals surface area contributed by atoms with Crippen molar-refractivity contribution in [1.29, 1.82) is 0 Å². The number of sulfonamides is 1. The number of hydrogen-bond acceptors (Lipinski definition) is 4. The second-order valence-electron chi connectivity index (χ2n) is 4.02. The molecular weight excluding hydrogens is 271 g/mol. The Morgan fingerprint density at radius 3 is 2.79 bits per heavy atom. The lowest BCUT2D eigenvalue weighted by atomic mass is 10.3. The number of anilines is 1. The van der Waals surface area contributed by atoms with Gasteiger partial charge in [0.15, 0.2) is 0 Å². The molecule has 108 valence electrons. The SMILES string of the molecule is CCCOCCCNS(=O)(=O)c1cccc(F)c1N. The van der Waals surface area contributed by atoms with E-state index in [4.69, 9.17) is 10.5 Å². The molecule has 0 bridgehead atoms. The summed E-state index contributed by atoms with van der Waals surface area (Å²) in [5.74, 6) is -0.742. The Morgan fingerprint density at radius 2 is 2.11 bits per heavy atom. The van der Waals surface area contributed by atoms with Crippen molar-refractivity contribution in [2.24, 2.45) is 0 Å². The lowest BCUT2D eigenvalue weighted by molar-refractivity contribution is 0.133. The molecule has 0 saturated carbocycles. The van der Waals surface area contributed by atoms with Gasteiger partial charge in [-0.3, -0.25) is 0 Å². The van der Waals surface area contributed by atoms with E-state index in [9.17, 15) is 12.8 Å². The highest BCUT2D eigenvalue weighted by Gasteiger charge is 2.18. The first-order valence-electron chi connectivity index (χ1n) is 6.10. The average molecular weight is 290 g/mol. The van der Waals surface area contributed by atoms with Gasteiger partial charge in [0.1, 0.15) is 10.7 Å². The van der Waals surface area contributed by atoms with Crippen molar-refractivity contribution in [3.05, 3.63) is 24.0 Å². The van der Waals surface area contributed by atoms with Crippen molar-refractivity contribution < 1.29 is 17.5 Å². The van der Waals surface area contributed by atoms with Crippen LogP contribution in [0.3, 0.4) is 0 Å². The molecule has 0 amide bonds. The first kappa shape index (κ1) is 15.9. The fourth-order valence-electron chi connectivity index (χ4n) is 1.46. The van der Waals surface area contributed by atoms with E-state index in [-0.39, 0.29) is 17.1 Å². The molecule has 0 heterocycles. The van der Waals surface area contributed by atoms with Crippen LogP contribution in [0.1, 0.15) is 19.8 Å². The molecule has 1 rings (SSSR count). The van der Waals surface area contributed by atoms with E-state index >= 15 is 0 Å². The summed E-state index contributed by atoms with van der Waals surface area (Å²) in [6.45, 7) is 3.36. The van der Waals surface area contributed by atoms with E-state index < -0.39 is 15.8 Å². The van der Waals surface area contributed by atoms with E-state index in [1.165, 1.54) is 12.1 Å². The Kier molecular flexibility index (Phi) is 6.20. The van der Waals surface area contributed by atoms with E-state index in [1.54, 1.807) is 0 Å². The molecule has 3 N–H and O–H groups in total. The molecule has 5 nitrogen and oxygen atoms in total. The molecule has 0 fully saturated rings. The molecular formula is C12H19FN2O3S. The van der Waals surface area contributed by atoms with Crippen LogP contribution in [0.2, 0.25) is 0 Å². The van der Waals surface area contributed by atoms with Gasteiger partial charge < -0.3 is 10.5 Å². The van der Waals surface area contributed by atoms with Crippen molar-refractivity contribution >= 4 is 15.7 Å². The normalized spacial score (nSPS) is 11.7. The van der Waals surface area contributed by atoms with Crippen molar-refractivity contribution in [3.63, 3.8) is 0 Å². The summed E-state index contributed by atoms with van der Waals surface area (Å²) in [6, 6.07) is 3.70. The molecule has 0 spiro atoms. The summed E-state index contributed by atoms with van der Waals surface area (Å²) in [4.78, 5) is -0.234. The molecule has 0 saturated heterocycles. The van der Waals surface area contributed by atoms with Crippen LogP contribution in [0.4, 0.5) is 10.1 Å². The molecule has 1 aromatic carbocycles. The fourth-order valence-corrected chi connectivity index (χ4v) is 2.67. The maximum atomic E-state index is 13.2. The summed E-state index contributed by atoms with van der Waals surface area (Å²) < 4.78 is 44.6. The molecule has 0 aliphatic heterocycles. The number of nitrogens with two attached hydrogens (primary N) is 1. The van der Waals surface area contributed by atoms with Gasteiger partial charge in [-0.2, -0.15) is 0 Å². The summed E-state index contributed by atoms with van der Waals surface area (Å²) in [5, 5.41) is 0. The van der Waals surface area contributed by atoms with E-state index in [1.807, 2.05) is 6.92 Å². The summed E-state index contributed by atoms with van der Waals surface area (Å²) in [6.07, 6.45) is 1.47. The van der Waals surface area contributed by atoms with Crippen molar-refractivity contribution in [3.8, 4) is 0 Å². The van der Waals surface area contributed by atoms with Gasteiger partial charge in [-0.1, -0.05) is 13.0 Å². The maximum Gasteiger partial charge on any atom is 0.242 e. The van der Waals surface area contributed by atoms with Gasteiger partial charge in [0, 0.05) is 19.8 Å². The van der Waals surface area contributed by atoms with Crippen LogP contribution in [-0.2, 0) is 14.8 Å². The third-order valence-corrected chi connectivity index (χ3v) is 3.93. The second kappa shape index (κ2) is 7.42. The molecule has 0 radical (unpaired) electrons. The van der Waals surface area contributed by atoms with Crippen LogP contribution >= 0.6 is 0 Å². The minimum absolute atomic E-state index is 0.224. The summed E-state index contributed by atoms with van der Waals surface area (Å²) in [5.41, 5.74) is 5.06. The number of benzene rings is 1. The third kappa shape index (κ3) is 4.77. The van der Waals surface area contributed by atoms with Gasteiger partial charge in [0.2, 0.25) is 10.0 Å². The Hall–Kier alpha value is -1.18. The summed E-state index contributed by atoms with van der Waals surface area (Å²) in [7, 11) is -3.78. The highest BCUT2D eigenvalue weighted by Crippen LogP contribution is 2.20. The van der Waals surface area contributed by atoms with Crippen molar-refractivity contribution in [1.82, 2.24) is 4.72 Å². The highest BCUT2D eigenvalue weighted by molar-refractivity contribution is 7.89. The third-order valence-electron chi connectivity index (χ3n) is 2.41. The van der Waals surface area contributed by atoms with E-state index in [0.717, 1.165) is 12.5 Å². The Morgan fingerprint density at radius 1 is 1.37 bits per heavy atom. The largest absolute Gasteiger partial charge is 0.395 e. The zero-order valence-electron chi connectivity index (χ0n) is 10.9. The van der Waals surface area contributed by atoms with Gasteiger partial charge in [0.25, 0.3) is 0 Å². The number of halogens is 1. The Balaban J connectivity index is 2.54. The van der Waals surface area contributed by atoms with Crippen LogP contribution in [0.5, 0.6) is 0 Å². The number of nitrogens with one attached hydrogen (secondary N) is 1. The van der Waals surface area contributed by atoms with Crippen LogP contribution in [-0.4, -0.2) is 28.2 Å². The molecule has 7 heteroatoms. The second-order valence-corrected chi connectivity index (χ2v) is 5.75. The number of para-hydroxylation sites is 1. The maximum absolute atomic E-state index is 13.2. The monoisotopic (exact) mass is 290 g/mol. The van der Waals surface area contributed by atoms with Crippen LogP contribution < -0.4 is 10.5 Å². The van der Waals surface area contributed by atoms with Crippen molar-refractivity contribution in [2.45, 2.75) is 24.7 Å². The predicted molar refractivity (Wildman–Crippen MR) is 71.7 cm³/mol. The van der Waals surface area contributed by atoms with Crippen LogP contribution in [0, 0.1) is 5.82 Å². The molecule has 0 atom stereocenters. The number of rotatable bonds is 8. The smallest absolute Gasteiger partial charge is 0.242 e. The van der Waals surface area contributed by atoms with Crippen LogP contribution in [0.15, 0.2) is 23.1 Å². The zero-order chi connectivity index (χ0) is 14.3. The quantitative estimate of drug-likeness (QED) is 0.561. The van der Waals surface area contributed by atoms with Crippen LogP contribution in [0.25, 0.3) is 0 Å². The molecule has 0 aliphatic rings. The zero-order valence-corrected chi connectivity index (χ0v) is 11.7. The minimum atomic E-state index is -3.78. The molecule has 1 aromatic rings. The Labute approximate surface area is 113 Å². The lowest BCUT2D eigenvalue weighted by Crippen LogP contribution is -2.26. The van der Waals surface area contributed by atoms with Gasteiger partial charge in [-0.25, -0.2) is 17.5 Å². The summed E-state index contributed by atoms with van der Waals surface area (Å²) >= 11 is 0. The van der Waals surface area contributed by atoms with Gasteiger partial charge >= 0.3 is 0 Å².